The Kier molecular flexibility index (Phi) is 5.35. The van der Waals surface area contributed by atoms with E-state index in [-0.39, 0.29) is 35.3 Å². The molecule has 0 saturated carbocycles. The molecule has 2 unspecified atom stereocenters. The molecular formula is C4H6ClNaO6S2. The number of hydrogen-bond acceptors (Lipinski definition) is 6. The van der Waals surface area contributed by atoms with Crippen LogP contribution < -0.4 is 29.6 Å². The minimum Gasteiger partial charge on any atom is -0.726 e. The number of alkyl halides is 1. The molecule has 1 saturated heterocycles. The number of sulfone groups is 1. The van der Waals surface area contributed by atoms with Gasteiger partial charge in [-0.05, 0) is 0 Å². The van der Waals surface area contributed by atoms with E-state index in [0.29, 0.717) is 0 Å². The molecule has 0 spiro atoms. The Morgan fingerprint density at radius 2 is 1.86 bits per heavy atom. The Hall–Kier alpha value is 1.11. The summed E-state index contributed by atoms with van der Waals surface area (Å²) in [4.78, 5) is 0. The van der Waals surface area contributed by atoms with Gasteiger partial charge in [-0.1, -0.05) is 0 Å². The van der Waals surface area contributed by atoms with Crippen molar-refractivity contribution >= 4 is 31.8 Å². The van der Waals surface area contributed by atoms with Crippen LogP contribution in [0.3, 0.4) is 0 Å². The summed E-state index contributed by atoms with van der Waals surface area (Å²) in [5.41, 5.74) is 0. The van der Waals surface area contributed by atoms with Gasteiger partial charge >= 0.3 is 29.6 Å². The summed E-state index contributed by atoms with van der Waals surface area (Å²) < 4.78 is 56.0. The molecule has 0 bridgehead atoms. The first-order valence-electron chi connectivity index (χ1n) is 3.18. The molecule has 2 atom stereocenters. The molecule has 10 heteroatoms. The van der Waals surface area contributed by atoms with Crippen molar-refractivity contribution in [2.45, 2.75) is 11.5 Å². The zero-order valence-electron chi connectivity index (χ0n) is 7.21. The van der Waals surface area contributed by atoms with Crippen LogP contribution >= 0.6 is 11.6 Å². The van der Waals surface area contributed by atoms with Crippen LogP contribution in [-0.4, -0.2) is 44.4 Å². The average Bonchev–Trinajstić information content (AvgIpc) is 2.00. The summed E-state index contributed by atoms with van der Waals surface area (Å²) in [6.07, 6.45) is -1.26. The SMILES string of the molecule is O=S1(=O)CC(Cl)C(OS(=O)(=O)[O-])C1.[Na+]. The average molecular weight is 273 g/mol. The third-order valence-electron chi connectivity index (χ3n) is 1.48. The predicted molar refractivity (Wildman–Crippen MR) is 42.9 cm³/mol. The van der Waals surface area contributed by atoms with E-state index in [9.17, 15) is 21.4 Å². The summed E-state index contributed by atoms with van der Waals surface area (Å²) in [5.74, 6) is -0.891. The van der Waals surface area contributed by atoms with Gasteiger partial charge in [0.1, 0.15) is 6.10 Å². The van der Waals surface area contributed by atoms with Crippen molar-refractivity contribution in [1.82, 2.24) is 0 Å². The van der Waals surface area contributed by atoms with E-state index in [4.69, 9.17) is 11.6 Å². The fourth-order valence-electron chi connectivity index (χ4n) is 1.01. The van der Waals surface area contributed by atoms with Gasteiger partial charge in [0.15, 0.2) is 9.84 Å². The third-order valence-corrected chi connectivity index (χ3v) is 4.28. The molecule has 1 fully saturated rings. The normalized spacial score (nSPS) is 31.0. The van der Waals surface area contributed by atoms with Crippen LogP contribution in [-0.2, 0) is 24.4 Å². The molecule has 1 aliphatic heterocycles. The standard InChI is InChI=1S/C4H7ClO6S2.Na/c5-3-1-12(6,7)2-4(3)11-13(8,9)10;/h3-4H,1-2H2,(H,8,9,10);/q;+1/p-1. The first-order chi connectivity index (χ1) is 5.70. The largest absolute Gasteiger partial charge is 1.00 e. The first-order valence-corrected chi connectivity index (χ1v) is 6.77. The second-order valence-electron chi connectivity index (χ2n) is 2.64. The van der Waals surface area contributed by atoms with Crippen LogP contribution in [0.1, 0.15) is 0 Å². The molecule has 0 radical (unpaired) electrons. The van der Waals surface area contributed by atoms with E-state index in [1.165, 1.54) is 0 Å². The van der Waals surface area contributed by atoms with Gasteiger partial charge in [-0.15, -0.1) is 11.6 Å². The van der Waals surface area contributed by atoms with E-state index >= 15 is 0 Å². The van der Waals surface area contributed by atoms with E-state index < -0.39 is 37.5 Å². The van der Waals surface area contributed by atoms with Gasteiger partial charge in [0.25, 0.3) is 0 Å². The zero-order valence-corrected chi connectivity index (χ0v) is 11.6. The molecule has 0 aliphatic carbocycles. The molecule has 14 heavy (non-hydrogen) atoms. The summed E-state index contributed by atoms with van der Waals surface area (Å²) in [5, 5.41) is -0.978. The van der Waals surface area contributed by atoms with Crippen molar-refractivity contribution in [2.24, 2.45) is 0 Å². The summed E-state index contributed by atoms with van der Waals surface area (Å²) in [6.45, 7) is 0. The number of hydrogen-bond donors (Lipinski definition) is 0. The third kappa shape index (κ3) is 4.75. The van der Waals surface area contributed by atoms with Gasteiger partial charge < -0.3 is 4.55 Å². The summed E-state index contributed by atoms with van der Waals surface area (Å²) >= 11 is 5.46. The fraction of sp³-hybridized carbons (Fsp3) is 1.00. The Labute approximate surface area is 109 Å². The van der Waals surface area contributed by atoms with Gasteiger partial charge in [0.05, 0.1) is 16.9 Å². The van der Waals surface area contributed by atoms with Gasteiger partial charge in [-0.25, -0.2) is 16.8 Å². The second-order valence-corrected chi connectivity index (χ2v) is 6.36. The minimum absolute atomic E-state index is 0. The Bertz CT molecular complexity index is 388. The van der Waals surface area contributed by atoms with Crippen LogP contribution in [0.5, 0.6) is 0 Å². The molecule has 1 rings (SSSR count). The van der Waals surface area contributed by atoms with Crippen molar-refractivity contribution in [3.8, 4) is 0 Å². The van der Waals surface area contributed by atoms with E-state index in [2.05, 4.69) is 4.18 Å². The van der Waals surface area contributed by atoms with Crippen LogP contribution in [0, 0.1) is 0 Å². The molecule has 1 aliphatic rings. The molecule has 0 aromatic heterocycles. The molecule has 0 amide bonds. The number of halogens is 1. The van der Waals surface area contributed by atoms with Crippen LogP contribution in [0.15, 0.2) is 0 Å². The van der Waals surface area contributed by atoms with E-state index in [1.54, 1.807) is 0 Å². The smallest absolute Gasteiger partial charge is 0.726 e. The Morgan fingerprint density at radius 1 is 1.36 bits per heavy atom. The predicted octanol–water partition coefficient (Wildman–Crippen LogP) is -4.13. The summed E-state index contributed by atoms with van der Waals surface area (Å²) in [6, 6.07) is 0. The minimum atomic E-state index is -4.89. The molecule has 0 aromatic rings. The van der Waals surface area contributed by atoms with Crippen molar-refractivity contribution in [2.75, 3.05) is 11.5 Å². The van der Waals surface area contributed by atoms with Gasteiger partial charge in [0.2, 0.25) is 10.4 Å². The monoisotopic (exact) mass is 272 g/mol. The molecular weight excluding hydrogens is 267 g/mol. The van der Waals surface area contributed by atoms with Crippen molar-refractivity contribution in [1.29, 1.82) is 0 Å². The molecule has 6 nitrogen and oxygen atoms in total. The Morgan fingerprint density at radius 3 is 2.14 bits per heavy atom. The maximum Gasteiger partial charge on any atom is 1.00 e. The molecule has 0 N–H and O–H groups in total. The number of rotatable bonds is 2. The second kappa shape index (κ2) is 4.96. The molecule has 1 heterocycles. The summed E-state index contributed by atoms with van der Waals surface area (Å²) in [7, 11) is -8.27. The first kappa shape index (κ1) is 15.1. The topological polar surface area (TPSA) is 101 Å². The van der Waals surface area contributed by atoms with Crippen LogP contribution in [0.2, 0.25) is 0 Å². The zero-order chi connectivity index (χ0) is 10.3. The van der Waals surface area contributed by atoms with Gasteiger partial charge in [0, 0.05) is 0 Å². The maximum absolute atomic E-state index is 10.9. The Balaban J connectivity index is 0.00000169. The maximum atomic E-state index is 10.9. The molecule has 0 aromatic carbocycles. The van der Waals surface area contributed by atoms with Crippen molar-refractivity contribution < 1.29 is 55.1 Å². The quantitative estimate of drug-likeness (QED) is 0.219. The van der Waals surface area contributed by atoms with Crippen LogP contribution in [0.25, 0.3) is 0 Å². The van der Waals surface area contributed by atoms with E-state index in [0.717, 1.165) is 0 Å². The van der Waals surface area contributed by atoms with E-state index in [1.807, 2.05) is 0 Å². The van der Waals surface area contributed by atoms with Crippen molar-refractivity contribution in [3.05, 3.63) is 0 Å². The van der Waals surface area contributed by atoms with Gasteiger partial charge in [-0.2, -0.15) is 0 Å². The van der Waals surface area contributed by atoms with Crippen LogP contribution in [0.4, 0.5) is 0 Å². The van der Waals surface area contributed by atoms with Crippen molar-refractivity contribution in [3.63, 3.8) is 0 Å². The fourth-order valence-corrected chi connectivity index (χ4v) is 4.12. The van der Waals surface area contributed by atoms with Gasteiger partial charge in [-0.3, -0.25) is 4.18 Å². The molecule has 78 valence electrons.